The molecule has 1 saturated carbocycles. The number of ketones is 1. The molecule has 1 aliphatic rings. The van der Waals surface area contributed by atoms with E-state index in [0.717, 1.165) is 6.42 Å². The molecule has 1 unspecified atom stereocenters. The summed E-state index contributed by atoms with van der Waals surface area (Å²) in [5.41, 5.74) is -0.261. The number of carboxylic acid groups (broad SMARTS) is 1. The number of Topliss-reactive ketones (excluding diaryl/α,β-unsaturated/α-hetero) is 1. The van der Waals surface area contributed by atoms with E-state index in [2.05, 4.69) is 0 Å². The van der Waals surface area contributed by atoms with Crippen LogP contribution in [0, 0.1) is 5.41 Å². The van der Waals surface area contributed by atoms with Crippen LogP contribution in [0.25, 0.3) is 0 Å². The van der Waals surface area contributed by atoms with Crippen LogP contribution in [0.3, 0.4) is 0 Å². The second-order valence-electron chi connectivity index (χ2n) is 3.60. The van der Waals surface area contributed by atoms with Crippen molar-refractivity contribution < 1.29 is 14.7 Å². The van der Waals surface area contributed by atoms with E-state index in [1.807, 2.05) is 6.92 Å². The van der Waals surface area contributed by atoms with Gasteiger partial charge in [-0.3, -0.25) is 9.59 Å². The number of rotatable bonds is 2. The van der Waals surface area contributed by atoms with E-state index in [-0.39, 0.29) is 17.6 Å². The minimum Gasteiger partial charge on any atom is -0.481 e. The largest absolute Gasteiger partial charge is 0.481 e. The van der Waals surface area contributed by atoms with Crippen LogP contribution < -0.4 is 0 Å². The number of hydrogen-bond donors (Lipinski definition) is 1. The number of aliphatic carboxylic acids is 1. The Morgan fingerprint density at radius 3 is 2.73 bits per heavy atom. The van der Waals surface area contributed by atoms with Gasteiger partial charge in [0, 0.05) is 12.8 Å². The van der Waals surface area contributed by atoms with Crippen molar-refractivity contribution in [3.63, 3.8) is 0 Å². The Morgan fingerprint density at radius 1 is 1.73 bits per heavy atom. The van der Waals surface area contributed by atoms with E-state index in [1.165, 1.54) is 0 Å². The minimum absolute atomic E-state index is 0.124. The highest BCUT2D eigenvalue weighted by molar-refractivity contribution is 5.82. The van der Waals surface area contributed by atoms with Crippen LogP contribution in [0.4, 0.5) is 0 Å². The van der Waals surface area contributed by atoms with Crippen LogP contribution >= 0.6 is 0 Å². The summed E-state index contributed by atoms with van der Waals surface area (Å²) in [5.74, 6) is -0.601. The van der Waals surface area contributed by atoms with Crippen molar-refractivity contribution in [2.45, 2.75) is 32.6 Å². The molecular weight excluding hydrogens is 144 g/mol. The fourth-order valence-electron chi connectivity index (χ4n) is 1.61. The number of carboxylic acids is 1. The van der Waals surface area contributed by atoms with Gasteiger partial charge in [0.15, 0.2) is 0 Å². The van der Waals surface area contributed by atoms with E-state index < -0.39 is 5.97 Å². The lowest BCUT2D eigenvalue weighted by atomic mass is 9.85. The first kappa shape index (κ1) is 8.24. The summed E-state index contributed by atoms with van der Waals surface area (Å²) in [6, 6.07) is 0. The molecule has 0 aromatic heterocycles. The van der Waals surface area contributed by atoms with Crippen LogP contribution in [0.5, 0.6) is 0 Å². The summed E-state index contributed by atoms with van der Waals surface area (Å²) < 4.78 is 0. The molecule has 11 heavy (non-hydrogen) atoms. The van der Waals surface area contributed by atoms with Crippen molar-refractivity contribution in [3.8, 4) is 0 Å². The molecule has 0 heterocycles. The Kier molecular flexibility index (Phi) is 1.98. The van der Waals surface area contributed by atoms with Gasteiger partial charge in [0.05, 0.1) is 6.42 Å². The van der Waals surface area contributed by atoms with Gasteiger partial charge >= 0.3 is 5.97 Å². The quantitative estimate of drug-likeness (QED) is 0.654. The normalized spacial score (nSPS) is 30.8. The second-order valence-corrected chi connectivity index (χ2v) is 3.60. The Hall–Kier alpha value is -0.860. The van der Waals surface area contributed by atoms with Crippen molar-refractivity contribution in [1.29, 1.82) is 0 Å². The molecule has 1 aliphatic carbocycles. The molecular formula is C8H12O3. The van der Waals surface area contributed by atoms with Crippen molar-refractivity contribution >= 4 is 11.8 Å². The van der Waals surface area contributed by atoms with Gasteiger partial charge in [-0.05, 0) is 11.8 Å². The highest BCUT2D eigenvalue weighted by Crippen LogP contribution is 2.38. The predicted molar refractivity (Wildman–Crippen MR) is 39.2 cm³/mol. The molecule has 3 heteroatoms. The fourth-order valence-corrected chi connectivity index (χ4v) is 1.61. The molecule has 0 radical (unpaired) electrons. The van der Waals surface area contributed by atoms with Gasteiger partial charge in [0.1, 0.15) is 5.78 Å². The van der Waals surface area contributed by atoms with Crippen molar-refractivity contribution in [2.24, 2.45) is 5.41 Å². The van der Waals surface area contributed by atoms with Crippen molar-refractivity contribution in [1.82, 2.24) is 0 Å². The van der Waals surface area contributed by atoms with Gasteiger partial charge in [-0.25, -0.2) is 0 Å². The van der Waals surface area contributed by atoms with E-state index in [4.69, 9.17) is 5.11 Å². The van der Waals surface area contributed by atoms with Crippen LogP contribution in [0.1, 0.15) is 32.6 Å². The Balaban J connectivity index is 2.55. The minimum atomic E-state index is -0.804. The van der Waals surface area contributed by atoms with Crippen molar-refractivity contribution in [2.75, 3.05) is 0 Å². The molecule has 1 fully saturated rings. The maximum Gasteiger partial charge on any atom is 0.303 e. The molecule has 0 aromatic rings. The van der Waals surface area contributed by atoms with E-state index in [1.54, 1.807) is 0 Å². The van der Waals surface area contributed by atoms with E-state index in [0.29, 0.717) is 12.8 Å². The monoisotopic (exact) mass is 156 g/mol. The smallest absolute Gasteiger partial charge is 0.303 e. The third kappa shape index (κ3) is 2.03. The molecule has 1 N–H and O–H groups in total. The number of carbonyl (C=O) groups excluding carboxylic acids is 1. The van der Waals surface area contributed by atoms with Gasteiger partial charge in [0.2, 0.25) is 0 Å². The average molecular weight is 156 g/mol. The fraction of sp³-hybridized carbons (Fsp3) is 0.750. The summed E-state index contributed by atoms with van der Waals surface area (Å²) in [6.45, 7) is 1.87. The molecule has 0 amide bonds. The standard InChI is InChI=1S/C8H12O3/c1-8(5-7(10)11)3-2-6(9)4-8/h2-5H2,1H3,(H,10,11). The van der Waals surface area contributed by atoms with Crippen molar-refractivity contribution in [3.05, 3.63) is 0 Å². The predicted octanol–water partition coefficient (Wildman–Crippen LogP) is 1.22. The van der Waals surface area contributed by atoms with Gasteiger partial charge in [-0.2, -0.15) is 0 Å². The zero-order valence-electron chi connectivity index (χ0n) is 6.59. The Bertz CT molecular complexity index is 198. The zero-order chi connectivity index (χ0) is 8.48. The van der Waals surface area contributed by atoms with Crippen LogP contribution in [-0.4, -0.2) is 16.9 Å². The lowest BCUT2D eigenvalue weighted by Gasteiger charge is -2.18. The van der Waals surface area contributed by atoms with Crippen LogP contribution in [-0.2, 0) is 9.59 Å². The first-order valence-electron chi connectivity index (χ1n) is 3.75. The summed E-state index contributed by atoms with van der Waals surface area (Å²) in [6.07, 6.45) is 1.86. The highest BCUT2D eigenvalue weighted by atomic mass is 16.4. The lowest BCUT2D eigenvalue weighted by molar-refractivity contribution is -0.139. The van der Waals surface area contributed by atoms with E-state index in [9.17, 15) is 9.59 Å². The molecule has 0 bridgehead atoms. The topological polar surface area (TPSA) is 54.4 Å². The molecule has 0 aromatic carbocycles. The average Bonchev–Trinajstić information content (AvgIpc) is 2.08. The van der Waals surface area contributed by atoms with Crippen LogP contribution in [0.15, 0.2) is 0 Å². The SMILES string of the molecule is CC1(CC(=O)O)CCC(=O)C1. The Labute approximate surface area is 65.4 Å². The summed E-state index contributed by atoms with van der Waals surface area (Å²) in [7, 11) is 0. The zero-order valence-corrected chi connectivity index (χ0v) is 6.59. The first-order valence-corrected chi connectivity index (χ1v) is 3.75. The van der Waals surface area contributed by atoms with Gasteiger partial charge in [-0.1, -0.05) is 6.92 Å². The number of carbonyl (C=O) groups is 2. The third-order valence-electron chi connectivity index (χ3n) is 2.21. The summed E-state index contributed by atoms with van der Waals surface area (Å²) in [5, 5.41) is 8.51. The third-order valence-corrected chi connectivity index (χ3v) is 2.21. The molecule has 0 spiro atoms. The number of hydrogen-bond acceptors (Lipinski definition) is 2. The molecule has 0 saturated heterocycles. The second kappa shape index (κ2) is 2.64. The molecule has 62 valence electrons. The molecule has 0 aliphatic heterocycles. The molecule has 3 nitrogen and oxygen atoms in total. The van der Waals surface area contributed by atoms with Gasteiger partial charge in [0.25, 0.3) is 0 Å². The lowest BCUT2D eigenvalue weighted by Crippen LogP contribution is -2.17. The maximum absolute atomic E-state index is 10.8. The van der Waals surface area contributed by atoms with Gasteiger partial charge < -0.3 is 5.11 Å². The summed E-state index contributed by atoms with van der Waals surface area (Å²) in [4.78, 5) is 21.2. The first-order chi connectivity index (χ1) is 5.02. The molecule has 1 rings (SSSR count). The summed E-state index contributed by atoms with van der Waals surface area (Å²) >= 11 is 0. The highest BCUT2D eigenvalue weighted by Gasteiger charge is 2.35. The Morgan fingerprint density at radius 2 is 2.36 bits per heavy atom. The maximum atomic E-state index is 10.8. The van der Waals surface area contributed by atoms with Crippen LogP contribution in [0.2, 0.25) is 0 Å². The van der Waals surface area contributed by atoms with Gasteiger partial charge in [-0.15, -0.1) is 0 Å². The van der Waals surface area contributed by atoms with E-state index >= 15 is 0 Å². The molecule has 1 atom stereocenters.